The Labute approximate surface area is 141 Å². The number of halogens is 3. The Hall–Kier alpha value is -0.640. The molecular weight excluding hydrogens is 478 g/mol. The molecule has 0 saturated heterocycles. The summed E-state index contributed by atoms with van der Waals surface area (Å²) in [5, 5.41) is -0.207. The van der Waals surface area contributed by atoms with Crippen molar-refractivity contribution in [3.8, 4) is 0 Å². The van der Waals surface area contributed by atoms with Gasteiger partial charge in [-0.05, 0) is 56.1 Å². The van der Waals surface area contributed by atoms with Crippen LogP contribution < -0.4 is 10.5 Å². The van der Waals surface area contributed by atoms with Gasteiger partial charge in [0.25, 0.3) is 10.0 Å². The van der Waals surface area contributed by atoms with Crippen molar-refractivity contribution in [3.63, 3.8) is 0 Å². The van der Waals surface area contributed by atoms with Crippen LogP contribution in [0.4, 0.5) is 11.4 Å². The van der Waals surface area contributed by atoms with Crippen molar-refractivity contribution in [1.29, 1.82) is 0 Å². The lowest BCUT2D eigenvalue weighted by Gasteiger charge is -2.12. The van der Waals surface area contributed by atoms with Gasteiger partial charge in [-0.3, -0.25) is 4.72 Å². The molecule has 2 aromatic rings. The number of hydrogen-bond donors (Lipinski definition) is 2. The molecule has 9 heteroatoms. The Balaban J connectivity index is 2.47. The van der Waals surface area contributed by atoms with E-state index in [-0.39, 0.29) is 10.7 Å². The van der Waals surface area contributed by atoms with Crippen molar-refractivity contribution >= 4 is 69.2 Å². The molecule has 5 nitrogen and oxygen atoms in total. The van der Waals surface area contributed by atoms with E-state index in [4.69, 9.17) is 5.73 Å². The van der Waals surface area contributed by atoms with E-state index >= 15 is 0 Å². The van der Waals surface area contributed by atoms with Gasteiger partial charge >= 0.3 is 0 Å². The summed E-state index contributed by atoms with van der Waals surface area (Å²) in [6.45, 7) is 0. The normalized spacial score (nSPS) is 11.3. The molecule has 0 aliphatic heterocycles. The summed E-state index contributed by atoms with van der Waals surface area (Å²) < 4.78 is 29.0. The number of hydrogen-bond acceptors (Lipinski definition) is 4. The molecule has 0 spiro atoms. The van der Waals surface area contributed by atoms with Crippen LogP contribution in [0.25, 0.3) is 0 Å². The third-order valence-electron chi connectivity index (χ3n) is 2.30. The quantitative estimate of drug-likeness (QED) is 0.693. The standard InChI is InChI=1S/C11H8Br3N3O2S/c12-6-4-7(13)10(8(14)5-6)17-20(18,19)11-9(15)2-1-3-16-11/h1-5,17H,15H2. The smallest absolute Gasteiger partial charge is 0.281 e. The van der Waals surface area contributed by atoms with Crippen molar-refractivity contribution in [2.45, 2.75) is 5.03 Å². The van der Waals surface area contributed by atoms with Gasteiger partial charge in [0.2, 0.25) is 0 Å². The van der Waals surface area contributed by atoms with E-state index in [1.54, 1.807) is 18.2 Å². The lowest BCUT2D eigenvalue weighted by Crippen LogP contribution is -2.17. The SMILES string of the molecule is Nc1cccnc1S(=O)(=O)Nc1c(Br)cc(Br)cc1Br. The Morgan fingerprint density at radius 3 is 2.30 bits per heavy atom. The number of nitrogens with zero attached hydrogens (tertiary/aromatic N) is 1. The highest BCUT2D eigenvalue weighted by Gasteiger charge is 2.21. The van der Waals surface area contributed by atoms with Crippen molar-refractivity contribution in [2.75, 3.05) is 10.5 Å². The van der Waals surface area contributed by atoms with Gasteiger partial charge in [0.05, 0.1) is 11.4 Å². The fourth-order valence-electron chi connectivity index (χ4n) is 1.45. The van der Waals surface area contributed by atoms with Gasteiger partial charge in [0.15, 0.2) is 5.03 Å². The molecule has 106 valence electrons. The Kier molecular flexibility index (Phi) is 4.73. The highest BCUT2D eigenvalue weighted by atomic mass is 79.9. The van der Waals surface area contributed by atoms with Crippen LogP contribution in [0.2, 0.25) is 0 Å². The molecule has 0 saturated carbocycles. The zero-order valence-electron chi connectivity index (χ0n) is 9.77. The fraction of sp³-hybridized carbons (Fsp3) is 0. The summed E-state index contributed by atoms with van der Waals surface area (Å²) in [4.78, 5) is 3.81. The van der Waals surface area contributed by atoms with Crippen LogP contribution in [-0.4, -0.2) is 13.4 Å². The van der Waals surface area contributed by atoms with Crippen LogP contribution in [0.5, 0.6) is 0 Å². The van der Waals surface area contributed by atoms with Crippen molar-refractivity contribution in [3.05, 3.63) is 43.9 Å². The minimum Gasteiger partial charge on any atom is -0.396 e. The molecule has 0 aliphatic rings. The van der Waals surface area contributed by atoms with Crippen molar-refractivity contribution in [1.82, 2.24) is 4.98 Å². The van der Waals surface area contributed by atoms with Gasteiger partial charge in [-0.1, -0.05) is 15.9 Å². The minimum absolute atomic E-state index is 0.0874. The van der Waals surface area contributed by atoms with Gasteiger partial charge < -0.3 is 5.73 Å². The van der Waals surface area contributed by atoms with Crippen LogP contribution in [0, 0.1) is 0 Å². The molecule has 2 rings (SSSR count). The molecule has 0 radical (unpaired) electrons. The molecule has 0 atom stereocenters. The summed E-state index contributed by atoms with van der Waals surface area (Å²) >= 11 is 9.92. The average Bonchev–Trinajstić information content (AvgIpc) is 2.34. The largest absolute Gasteiger partial charge is 0.396 e. The number of nitrogen functional groups attached to an aromatic ring is 1. The third kappa shape index (κ3) is 3.33. The molecule has 1 heterocycles. The number of pyridine rings is 1. The van der Waals surface area contributed by atoms with Crippen LogP contribution in [-0.2, 0) is 10.0 Å². The molecule has 0 fully saturated rings. The van der Waals surface area contributed by atoms with Crippen molar-refractivity contribution < 1.29 is 8.42 Å². The maximum atomic E-state index is 12.3. The number of anilines is 2. The predicted molar refractivity (Wildman–Crippen MR) is 89.0 cm³/mol. The Morgan fingerprint density at radius 2 is 1.75 bits per heavy atom. The first-order valence-corrected chi connectivity index (χ1v) is 9.05. The topological polar surface area (TPSA) is 85.1 Å². The molecule has 0 unspecified atom stereocenters. The molecule has 0 aliphatic carbocycles. The third-order valence-corrected chi connectivity index (χ3v) is 5.33. The molecule has 3 N–H and O–H groups in total. The first kappa shape index (κ1) is 15.7. The summed E-state index contributed by atoms with van der Waals surface area (Å²) in [5.74, 6) is 0. The van der Waals surface area contributed by atoms with Crippen molar-refractivity contribution in [2.24, 2.45) is 0 Å². The molecule has 0 bridgehead atoms. The fourth-order valence-corrected chi connectivity index (χ4v) is 5.33. The summed E-state index contributed by atoms with van der Waals surface area (Å²) in [7, 11) is -3.86. The van der Waals surface area contributed by atoms with Gasteiger partial charge in [-0.25, -0.2) is 4.98 Å². The number of aromatic nitrogens is 1. The zero-order valence-corrected chi connectivity index (χ0v) is 15.3. The molecule has 1 aromatic heterocycles. The van der Waals surface area contributed by atoms with E-state index in [0.29, 0.717) is 14.6 Å². The molecule has 1 aromatic carbocycles. The summed E-state index contributed by atoms with van der Waals surface area (Å²) in [6.07, 6.45) is 1.37. The second-order valence-electron chi connectivity index (χ2n) is 3.75. The van der Waals surface area contributed by atoms with Gasteiger partial charge in [0, 0.05) is 19.6 Å². The Bertz CT molecular complexity index is 742. The number of rotatable bonds is 3. The number of nitrogens with one attached hydrogen (secondary N) is 1. The molecule has 20 heavy (non-hydrogen) atoms. The van der Waals surface area contributed by atoms with E-state index in [1.165, 1.54) is 12.3 Å². The average molecular weight is 486 g/mol. The Morgan fingerprint density at radius 1 is 1.15 bits per heavy atom. The van der Waals surface area contributed by atoms with E-state index in [1.807, 2.05) is 0 Å². The highest BCUT2D eigenvalue weighted by Crippen LogP contribution is 2.35. The summed E-state index contributed by atoms with van der Waals surface area (Å²) in [6, 6.07) is 6.50. The predicted octanol–water partition coefficient (Wildman–Crippen LogP) is 3.75. The first-order valence-electron chi connectivity index (χ1n) is 5.19. The second-order valence-corrected chi connectivity index (χ2v) is 7.97. The zero-order chi connectivity index (χ0) is 14.9. The van der Waals surface area contributed by atoms with E-state index in [0.717, 1.165) is 4.47 Å². The van der Waals surface area contributed by atoms with Crippen LogP contribution in [0.15, 0.2) is 48.9 Å². The minimum atomic E-state index is -3.86. The summed E-state index contributed by atoms with van der Waals surface area (Å²) in [5.41, 5.74) is 6.11. The lowest BCUT2D eigenvalue weighted by molar-refractivity contribution is 0.598. The van der Waals surface area contributed by atoms with Gasteiger partial charge in [-0.2, -0.15) is 8.42 Å². The molecule has 0 amide bonds. The van der Waals surface area contributed by atoms with E-state index in [9.17, 15) is 8.42 Å². The highest BCUT2D eigenvalue weighted by molar-refractivity contribution is 9.11. The van der Waals surface area contributed by atoms with Crippen LogP contribution in [0.3, 0.4) is 0 Å². The van der Waals surface area contributed by atoms with Gasteiger partial charge in [0.1, 0.15) is 0 Å². The second kappa shape index (κ2) is 6.00. The number of benzene rings is 1. The maximum Gasteiger partial charge on any atom is 0.281 e. The van der Waals surface area contributed by atoms with Crippen LogP contribution in [0.1, 0.15) is 0 Å². The van der Waals surface area contributed by atoms with Gasteiger partial charge in [-0.15, -0.1) is 0 Å². The lowest BCUT2D eigenvalue weighted by atomic mass is 10.3. The molecular formula is C11H8Br3N3O2S. The van der Waals surface area contributed by atoms with E-state index in [2.05, 4.69) is 57.5 Å². The first-order chi connectivity index (χ1) is 9.31. The number of sulfonamides is 1. The van der Waals surface area contributed by atoms with Crippen LogP contribution >= 0.6 is 47.8 Å². The monoisotopic (exact) mass is 483 g/mol. The number of nitrogens with two attached hydrogens (primary N) is 1. The van der Waals surface area contributed by atoms with E-state index < -0.39 is 10.0 Å². The maximum absolute atomic E-state index is 12.3.